The topological polar surface area (TPSA) is 77.8 Å². The van der Waals surface area contributed by atoms with Crippen LogP contribution in [0.5, 0.6) is 0 Å². The lowest BCUT2D eigenvalue weighted by molar-refractivity contribution is 0.352. The molecule has 0 fully saturated rings. The molecule has 5 heteroatoms. The van der Waals surface area contributed by atoms with Crippen LogP contribution in [0.25, 0.3) is 11.4 Å². The molecule has 0 saturated heterocycles. The molecule has 0 spiro atoms. The number of nitrogens with zero attached hydrogens (tertiary/aromatic N) is 3. The van der Waals surface area contributed by atoms with E-state index in [4.69, 9.17) is 10.3 Å². The highest BCUT2D eigenvalue weighted by Crippen LogP contribution is 2.18. The van der Waals surface area contributed by atoms with Crippen molar-refractivity contribution in [2.24, 2.45) is 5.73 Å². The van der Waals surface area contributed by atoms with Crippen LogP contribution in [0.2, 0.25) is 0 Å². The third-order valence-electron chi connectivity index (χ3n) is 2.35. The van der Waals surface area contributed by atoms with Gasteiger partial charge < -0.3 is 10.3 Å². The maximum absolute atomic E-state index is 5.81. The van der Waals surface area contributed by atoms with Gasteiger partial charge in [-0.1, -0.05) is 12.1 Å². The summed E-state index contributed by atoms with van der Waals surface area (Å²) < 4.78 is 5.11. The minimum Gasteiger partial charge on any atom is -0.337 e. The molecule has 0 aliphatic heterocycles. The highest BCUT2D eigenvalue weighted by molar-refractivity contribution is 5.53. The lowest BCUT2D eigenvalue weighted by Crippen LogP contribution is -2.08. The number of hydrogen-bond donors (Lipinski definition) is 1. The van der Waals surface area contributed by atoms with Crippen LogP contribution in [-0.2, 0) is 0 Å². The molecule has 2 rings (SSSR count). The monoisotopic (exact) mass is 218 g/mol. The average Bonchev–Trinajstić information content (AvgIpc) is 2.77. The molecule has 2 aromatic rings. The summed E-state index contributed by atoms with van der Waals surface area (Å²) in [5, 5.41) is 3.90. The standard InChI is InChI=1S/C11H14N4O/c1-3-9(12)11-14-10(15-16-11)8-4-5-13-7(2)6-8/h4-6,9H,3,12H2,1-2H3/t9-/m0/s1. The molecule has 0 radical (unpaired) electrons. The van der Waals surface area contributed by atoms with Gasteiger partial charge in [0.2, 0.25) is 11.7 Å². The van der Waals surface area contributed by atoms with E-state index in [-0.39, 0.29) is 6.04 Å². The highest BCUT2D eigenvalue weighted by Gasteiger charge is 2.13. The van der Waals surface area contributed by atoms with E-state index >= 15 is 0 Å². The van der Waals surface area contributed by atoms with Gasteiger partial charge in [0.25, 0.3) is 0 Å². The average molecular weight is 218 g/mol. The summed E-state index contributed by atoms with van der Waals surface area (Å²) >= 11 is 0. The molecule has 0 aliphatic rings. The van der Waals surface area contributed by atoms with Crippen molar-refractivity contribution >= 4 is 0 Å². The number of nitrogens with two attached hydrogens (primary N) is 1. The molecule has 0 amide bonds. The summed E-state index contributed by atoms with van der Waals surface area (Å²) in [7, 11) is 0. The minimum absolute atomic E-state index is 0.191. The van der Waals surface area contributed by atoms with Gasteiger partial charge in [-0.3, -0.25) is 4.98 Å². The third-order valence-corrected chi connectivity index (χ3v) is 2.35. The molecule has 0 unspecified atom stereocenters. The van der Waals surface area contributed by atoms with Gasteiger partial charge >= 0.3 is 0 Å². The second-order valence-electron chi connectivity index (χ2n) is 3.66. The van der Waals surface area contributed by atoms with Crippen LogP contribution in [0.3, 0.4) is 0 Å². The van der Waals surface area contributed by atoms with Crippen LogP contribution >= 0.6 is 0 Å². The van der Waals surface area contributed by atoms with Gasteiger partial charge in [-0.25, -0.2) is 0 Å². The zero-order valence-corrected chi connectivity index (χ0v) is 9.34. The summed E-state index contributed by atoms with van der Waals surface area (Å²) in [6.07, 6.45) is 2.50. The SMILES string of the molecule is CC[C@H](N)c1nc(-c2ccnc(C)c2)no1. The molecule has 2 N–H and O–H groups in total. The predicted octanol–water partition coefficient (Wildman–Crippen LogP) is 1.85. The summed E-state index contributed by atoms with van der Waals surface area (Å²) in [5.74, 6) is 1.04. The highest BCUT2D eigenvalue weighted by atomic mass is 16.5. The summed E-state index contributed by atoms with van der Waals surface area (Å²) in [6.45, 7) is 3.90. The fourth-order valence-corrected chi connectivity index (χ4v) is 1.36. The van der Waals surface area contributed by atoms with Crippen LogP contribution in [0, 0.1) is 6.92 Å². The lowest BCUT2D eigenvalue weighted by atomic mass is 10.2. The van der Waals surface area contributed by atoms with Crippen LogP contribution in [0.1, 0.15) is 31.0 Å². The van der Waals surface area contributed by atoms with E-state index in [1.54, 1.807) is 6.20 Å². The van der Waals surface area contributed by atoms with E-state index in [0.717, 1.165) is 17.7 Å². The molecule has 0 aliphatic carbocycles. The van der Waals surface area contributed by atoms with Gasteiger partial charge in [-0.2, -0.15) is 4.98 Å². The third kappa shape index (κ3) is 2.09. The van der Waals surface area contributed by atoms with Crippen molar-refractivity contribution in [3.8, 4) is 11.4 Å². The van der Waals surface area contributed by atoms with Gasteiger partial charge in [-0.05, 0) is 25.5 Å². The van der Waals surface area contributed by atoms with E-state index < -0.39 is 0 Å². The fraction of sp³-hybridized carbons (Fsp3) is 0.364. The number of aromatic nitrogens is 3. The van der Waals surface area contributed by atoms with Crippen LogP contribution < -0.4 is 5.73 Å². The van der Waals surface area contributed by atoms with E-state index in [9.17, 15) is 0 Å². The Kier molecular flexibility index (Phi) is 2.96. The smallest absolute Gasteiger partial charge is 0.243 e. The van der Waals surface area contributed by atoms with Gasteiger partial charge in [0.1, 0.15) is 0 Å². The zero-order chi connectivity index (χ0) is 11.5. The first-order valence-electron chi connectivity index (χ1n) is 5.23. The Morgan fingerprint density at radius 1 is 1.50 bits per heavy atom. The Morgan fingerprint density at radius 2 is 2.31 bits per heavy atom. The molecular weight excluding hydrogens is 204 g/mol. The first-order valence-corrected chi connectivity index (χ1v) is 5.23. The molecule has 0 saturated carbocycles. The van der Waals surface area contributed by atoms with Crippen LogP contribution in [0.15, 0.2) is 22.9 Å². The Labute approximate surface area is 93.7 Å². The molecule has 0 aromatic carbocycles. The summed E-state index contributed by atoms with van der Waals surface area (Å²) in [6, 6.07) is 3.56. The van der Waals surface area contributed by atoms with Gasteiger partial charge in [0.05, 0.1) is 6.04 Å². The number of pyridine rings is 1. The van der Waals surface area contributed by atoms with Crippen molar-refractivity contribution < 1.29 is 4.52 Å². The molecule has 0 bridgehead atoms. The number of hydrogen-bond acceptors (Lipinski definition) is 5. The zero-order valence-electron chi connectivity index (χ0n) is 9.34. The van der Waals surface area contributed by atoms with Crippen molar-refractivity contribution in [2.45, 2.75) is 26.3 Å². The van der Waals surface area contributed by atoms with Crippen molar-refractivity contribution in [2.75, 3.05) is 0 Å². The molecule has 5 nitrogen and oxygen atoms in total. The van der Waals surface area contributed by atoms with Gasteiger partial charge in [-0.15, -0.1) is 0 Å². The Hall–Kier alpha value is -1.75. The lowest BCUT2D eigenvalue weighted by Gasteiger charge is -1.99. The second kappa shape index (κ2) is 4.40. The Balaban J connectivity index is 2.31. The van der Waals surface area contributed by atoms with E-state index in [1.165, 1.54) is 0 Å². The molecule has 84 valence electrons. The van der Waals surface area contributed by atoms with Gasteiger partial charge in [0.15, 0.2) is 0 Å². The van der Waals surface area contributed by atoms with Crippen molar-refractivity contribution in [1.29, 1.82) is 0 Å². The molecule has 16 heavy (non-hydrogen) atoms. The number of aryl methyl sites for hydroxylation is 1. The normalized spacial score (nSPS) is 12.7. The fourth-order valence-electron chi connectivity index (χ4n) is 1.36. The van der Waals surface area contributed by atoms with Crippen LogP contribution in [-0.4, -0.2) is 15.1 Å². The minimum atomic E-state index is -0.191. The summed E-state index contributed by atoms with van der Waals surface area (Å²) in [4.78, 5) is 8.37. The predicted molar refractivity (Wildman–Crippen MR) is 59.5 cm³/mol. The van der Waals surface area contributed by atoms with E-state index in [0.29, 0.717) is 11.7 Å². The largest absolute Gasteiger partial charge is 0.337 e. The van der Waals surface area contributed by atoms with E-state index in [2.05, 4.69) is 15.1 Å². The second-order valence-corrected chi connectivity index (χ2v) is 3.66. The molecule has 1 atom stereocenters. The maximum Gasteiger partial charge on any atom is 0.243 e. The first-order chi connectivity index (χ1) is 7.70. The summed E-state index contributed by atoms with van der Waals surface area (Å²) in [5.41, 5.74) is 7.62. The van der Waals surface area contributed by atoms with Crippen molar-refractivity contribution in [1.82, 2.24) is 15.1 Å². The Morgan fingerprint density at radius 3 is 3.00 bits per heavy atom. The maximum atomic E-state index is 5.81. The van der Waals surface area contributed by atoms with Crippen LogP contribution in [0.4, 0.5) is 0 Å². The molecule has 2 heterocycles. The first kappa shape index (κ1) is 10.8. The van der Waals surface area contributed by atoms with Gasteiger partial charge in [0, 0.05) is 17.5 Å². The molecule has 2 aromatic heterocycles. The quantitative estimate of drug-likeness (QED) is 0.850. The molecular formula is C11H14N4O. The Bertz CT molecular complexity index is 480. The van der Waals surface area contributed by atoms with Crippen molar-refractivity contribution in [3.05, 3.63) is 29.9 Å². The number of rotatable bonds is 3. The van der Waals surface area contributed by atoms with E-state index in [1.807, 2.05) is 26.0 Å². The van der Waals surface area contributed by atoms with Crippen molar-refractivity contribution in [3.63, 3.8) is 0 Å².